The number of anilines is 1. The van der Waals surface area contributed by atoms with Crippen LogP contribution in [0.1, 0.15) is 18.2 Å². The molecule has 92 valence electrons. The standard InChI is InChI=1S/C15H15ClN2/c1-11-9-12-5-2-3-7-14(12)18(11)10-13-6-4-8-15(16)17-13/h2-8,11H,9-10H2,1H3. The molecule has 1 aliphatic heterocycles. The Bertz CT molecular complexity index is 568. The molecule has 0 saturated heterocycles. The molecule has 1 aliphatic rings. The summed E-state index contributed by atoms with van der Waals surface area (Å²) in [7, 11) is 0. The SMILES string of the molecule is CC1Cc2ccccc2N1Cc1cccc(Cl)n1. The molecular formula is C15H15ClN2. The summed E-state index contributed by atoms with van der Waals surface area (Å²) in [4.78, 5) is 6.76. The Hall–Kier alpha value is -1.54. The van der Waals surface area contributed by atoms with Crippen molar-refractivity contribution in [3.63, 3.8) is 0 Å². The van der Waals surface area contributed by atoms with Gasteiger partial charge in [0.05, 0.1) is 12.2 Å². The first kappa shape index (κ1) is 11.5. The number of hydrogen-bond acceptors (Lipinski definition) is 2. The summed E-state index contributed by atoms with van der Waals surface area (Å²) in [6, 6.07) is 14.9. The lowest BCUT2D eigenvalue weighted by Gasteiger charge is -2.24. The first-order valence-electron chi connectivity index (χ1n) is 6.20. The van der Waals surface area contributed by atoms with E-state index in [-0.39, 0.29) is 0 Å². The van der Waals surface area contributed by atoms with Crippen molar-refractivity contribution in [2.24, 2.45) is 0 Å². The van der Waals surface area contributed by atoms with E-state index in [1.807, 2.05) is 18.2 Å². The number of aromatic nitrogens is 1. The molecule has 0 spiro atoms. The van der Waals surface area contributed by atoms with Crippen molar-refractivity contribution in [2.75, 3.05) is 4.90 Å². The number of fused-ring (bicyclic) bond motifs is 1. The second-order valence-corrected chi connectivity index (χ2v) is 5.15. The van der Waals surface area contributed by atoms with Gasteiger partial charge in [0.2, 0.25) is 0 Å². The van der Waals surface area contributed by atoms with Gasteiger partial charge in [0.25, 0.3) is 0 Å². The molecule has 0 N–H and O–H groups in total. The number of hydrogen-bond donors (Lipinski definition) is 0. The first-order valence-corrected chi connectivity index (χ1v) is 6.58. The summed E-state index contributed by atoms with van der Waals surface area (Å²) in [5.74, 6) is 0. The molecule has 0 radical (unpaired) electrons. The number of halogens is 1. The second-order valence-electron chi connectivity index (χ2n) is 4.76. The van der Waals surface area contributed by atoms with Crippen LogP contribution in [0.5, 0.6) is 0 Å². The van der Waals surface area contributed by atoms with Gasteiger partial charge in [0, 0.05) is 11.7 Å². The second kappa shape index (κ2) is 4.62. The Kier molecular flexibility index (Phi) is 2.96. The lowest BCUT2D eigenvalue weighted by atomic mass is 10.1. The molecule has 0 amide bonds. The third kappa shape index (κ3) is 2.08. The van der Waals surface area contributed by atoms with Crippen LogP contribution in [0, 0.1) is 0 Å². The molecule has 18 heavy (non-hydrogen) atoms. The Balaban J connectivity index is 1.89. The lowest BCUT2D eigenvalue weighted by Crippen LogP contribution is -2.28. The predicted octanol–water partition coefficient (Wildman–Crippen LogP) is 3.69. The van der Waals surface area contributed by atoms with Crippen molar-refractivity contribution in [1.82, 2.24) is 4.98 Å². The van der Waals surface area contributed by atoms with E-state index >= 15 is 0 Å². The summed E-state index contributed by atoms with van der Waals surface area (Å²) in [6.07, 6.45) is 1.11. The molecule has 1 aromatic carbocycles. The fourth-order valence-electron chi connectivity index (χ4n) is 2.58. The molecule has 3 rings (SSSR count). The van der Waals surface area contributed by atoms with Crippen LogP contribution in [-0.4, -0.2) is 11.0 Å². The zero-order chi connectivity index (χ0) is 12.5. The summed E-state index contributed by atoms with van der Waals surface area (Å²) in [6.45, 7) is 3.07. The van der Waals surface area contributed by atoms with Crippen molar-refractivity contribution in [2.45, 2.75) is 25.9 Å². The highest BCUT2D eigenvalue weighted by Gasteiger charge is 2.25. The Morgan fingerprint density at radius 1 is 1.22 bits per heavy atom. The summed E-state index contributed by atoms with van der Waals surface area (Å²) < 4.78 is 0. The van der Waals surface area contributed by atoms with Crippen molar-refractivity contribution in [1.29, 1.82) is 0 Å². The minimum atomic E-state index is 0.517. The van der Waals surface area contributed by atoms with E-state index < -0.39 is 0 Å². The van der Waals surface area contributed by atoms with Gasteiger partial charge in [-0.3, -0.25) is 0 Å². The van der Waals surface area contributed by atoms with Gasteiger partial charge in [-0.05, 0) is 37.1 Å². The van der Waals surface area contributed by atoms with E-state index in [2.05, 4.69) is 41.1 Å². The van der Waals surface area contributed by atoms with Crippen LogP contribution in [0.2, 0.25) is 5.15 Å². The number of rotatable bonds is 2. The van der Waals surface area contributed by atoms with Crippen LogP contribution in [0.25, 0.3) is 0 Å². The van der Waals surface area contributed by atoms with Crippen LogP contribution in [-0.2, 0) is 13.0 Å². The number of benzene rings is 1. The van der Waals surface area contributed by atoms with Crippen molar-refractivity contribution in [3.8, 4) is 0 Å². The number of pyridine rings is 1. The van der Waals surface area contributed by atoms with E-state index in [0.29, 0.717) is 11.2 Å². The highest BCUT2D eigenvalue weighted by Crippen LogP contribution is 2.32. The molecular weight excluding hydrogens is 244 g/mol. The number of para-hydroxylation sites is 1. The molecule has 2 aromatic rings. The van der Waals surface area contributed by atoms with E-state index in [9.17, 15) is 0 Å². The lowest BCUT2D eigenvalue weighted by molar-refractivity contribution is 0.665. The molecule has 1 unspecified atom stereocenters. The van der Waals surface area contributed by atoms with Gasteiger partial charge >= 0.3 is 0 Å². The number of nitrogens with zero attached hydrogens (tertiary/aromatic N) is 2. The minimum absolute atomic E-state index is 0.517. The smallest absolute Gasteiger partial charge is 0.129 e. The highest BCUT2D eigenvalue weighted by atomic mass is 35.5. The Morgan fingerprint density at radius 2 is 2.06 bits per heavy atom. The average molecular weight is 259 g/mol. The average Bonchev–Trinajstić information content (AvgIpc) is 2.66. The third-order valence-corrected chi connectivity index (χ3v) is 3.66. The molecule has 1 atom stereocenters. The predicted molar refractivity (Wildman–Crippen MR) is 75.0 cm³/mol. The van der Waals surface area contributed by atoms with Crippen molar-refractivity contribution >= 4 is 17.3 Å². The summed E-state index contributed by atoms with van der Waals surface area (Å²) >= 11 is 5.94. The maximum Gasteiger partial charge on any atom is 0.129 e. The van der Waals surface area contributed by atoms with Crippen molar-refractivity contribution < 1.29 is 0 Å². The van der Waals surface area contributed by atoms with Crippen LogP contribution in [0.4, 0.5) is 5.69 Å². The van der Waals surface area contributed by atoms with Gasteiger partial charge in [-0.25, -0.2) is 4.98 Å². The molecule has 2 nitrogen and oxygen atoms in total. The Labute approximate surface area is 112 Å². The quantitative estimate of drug-likeness (QED) is 0.764. The van der Waals surface area contributed by atoms with Gasteiger partial charge in [-0.1, -0.05) is 35.9 Å². The van der Waals surface area contributed by atoms with Gasteiger partial charge in [-0.15, -0.1) is 0 Å². The molecule has 0 fully saturated rings. The zero-order valence-electron chi connectivity index (χ0n) is 10.3. The zero-order valence-corrected chi connectivity index (χ0v) is 11.1. The van der Waals surface area contributed by atoms with Crippen LogP contribution < -0.4 is 4.90 Å². The molecule has 3 heteroatoms. The maximum atomic E-state index is 5.94. The fourth-order valence-corrected chi connectivity index (χ4v) is 2.76. The Morgan fingerprint density at radius 3 is 2.89 bits per heavy atom. The van der Waals surface area contributed by atoms with Gasteiger partial charge in [-0.2, -0.15) is 0 Å². The third-order valence-electron chi connectivity index (χ3n) is 3.45. The van der Waals surface area contributed by atoms with E-state index in [1.54, 1.807) is 0 Å². The fraction of sp³-hybridized carbons (Fsp3) is 0.267. The molecule has 0 aliphatic carbocycles. The van der Waals surface area contributed by atoms with Gasteiger partial charge in [0.15, 0.2) is 0 Å². The highest BCUT2D eigenvalue weighted by molar-refractivity contribution is 6.29. The van der Waals surface area contributed by atoms with Crippen LogP contribution in [0.15, 0.2) is 42.5 Å². The summed E-state index contributed by atoms with van der Waals surface area (Å²) in [5, 5.41) is 0.563. The summed E-state index contributed by atoms with van der Waals surface area (Å²) in [5.41, 5.74) is 3.77. The maximum absolute atomic E-state index is 5.94. The molecule has 0 saturated carbocycles. The minimum Gasteiger partial charge on any atom is -0.362 e. The molecule has 1 aromatic heterocycles. The largest absolute Gasteiger partial charge is 0.362 e. The molecule has 0 bridgehead atoms. The topological polar surface area (TPSA) is 16.1 Å². The molecule has 2 heterocycles. The monoisotopic (exact) mass is 258 g/mol. The first-order chi connectivity index (χ1) is 8.74. The van der Waals surface area contributed by atoms with Crippen molar-refractivity contribution in [3.05, 3.63) is 58.9 Å². The van der Waals surface area contributed by atoms with E-state index in [1.165, 1.54) is 11.3 Å². The van der Waals surface area contributed by atoms with Gasteiger partial charge in [0.1, 0.15) is 5.15 Å². The normalized spacial score (nSPS) is 17.9. The van der Waals surface area contributed by atoms with Crippen LogP contribution in [0.3, 0.4) is 0 Å². The van der Waals surface area contributed by atoms with Gasteiger partial charge < -0.3 is 4.90 Å². The van der Waals surface area contributed by atoms with E-state index in [4.69, 9.17) is 11.6 Å². The van der Waals surface area contributed by atoms with E-state index in [0.717, 1.165) is 18.7 Å². The van der Waals surface area contributed by atoms with Crippen LogP contribution >= 0.6 is 11.6 Å².